The highest BCUT2D eigenvalue weighted by Gasteiger charge is 2.51. The molecule has 0 saturated carbocycles. The van der Waals surface area contributed by atoms with Crippen LogP contribution in [0.25, 0.3) is 31.7 Å². The van der Waals surface area contributed by atoms with Gasteiger partial charge in [-0.3, -0.25) is 0 Å². The number of rotatable bonds is 3. The Balaban J connectivity index is 1.66. The van der Waals surface area contributed by atoms with E-state index < -0.39 is 0 Å². The molecular weight excluding hydrogens is 411 g/mol. The summed E-state index contributed by atoms with van der Waals surface area (Å²) in [6.07, 6.45) is 0. The molecule has 5 rings (SSSR count). The maximum Gasteiger partial charge on any atom is 0.494 e. The predicted octanol–water partition coefficient (Wildman–Crippen LogP) is 7.15. The highest BCUT2D eigenvalue weighted by atomic mass is 32.1. The standard InChI is InChI=1S/C28H29BO2S/c1-18-7-11-20(12-8-18)25-23-16-15-22(29-30-27(3,4)28(5,6)31-29)17-24(23)32-26(25)21-13-9-19(2)10-14-21/h7-17H,1-6H3. The maximum atomic E-state index is 6.31. The minimum Gasteiger partial charge on any atom is -0.399 e. The van der Waals surface area contributed by atoms with E-state index in [1.54, 1.807) is 0 Å². The van der Waals surface area contributed by atoms with Crippen molar-refractivity contribution in [3.63, 3.8) is 0 Å². The molecule has 2 nitrogen and oxygen atoms in total. The SMILES string of the molecule is Cc1ccc(-c2sc3cc(B4OC(C)(C)C(C)(C)O4)ccc3c2-c2ccc(C)cc2)cc1. The lowest BCUT2D eigenvalue weighted by Gasteiger charge is -2.32. The Kier molecular flexibility index (Phi) is 5.09. The lowest BCUT2D eigenvalue weighted by Crippen LogP contribution is -2.41. The molecule has 3 aromatic carbocycles. The molecule has 1 saturated heterocycles. The first-order valence-corrected chi connectivity index (χ1v) is 12.0. The molecule has 1 aromatic heterocycles. The Labute approximate surface area is 195 Å². The van der Waals surface area contributed by atoms with Gasteiger partial charge in [0.05, 0.1) is 11.2 Å². The van der Waals surface area contributed by atoms with E-state index in [0.717, 1.165) is 5.46 Å². The lowest BCUT2D eigenvalue weighted by atomic mass is 9.79. The fourth-order valence-corrected chi connectivity index (χ4v) is 5.43. The minimum atomic E-state index is -0.350. The molecule has 1 aliphatic heterocycles. The highest BCUT2D eigenvalue weighted by molar-refractivity contribution is 7.23. The van der Waals surface area contributed by atoms with Crippen molar-refractivity contribution in [2.75, 3.05) is 0 Å². The lowest BCUT2D eigenvalue weighted by molar-refractivity contribution is 0.00578. The molecule has 0 unspecified atom stereocenters. The van der Waals surface area contributed by atoms with E-state index in [0.29, 0.717) is 0 Å². The van der Waals surface area contributed by atoms with Gasteiger partial charge in [0.2, 0.25) is 0 Å². The summed E-state index contributed by atoms with van der Waals surface area (Å²) in [5.41, 5.74) is 6.73. The Morgan fingerprint density at radius 1 is 0.688 bits per heavy atom. The maximum absolute atomic E-state index is 6.31. The predicted molar refractivity (Wildman–Crippen MR) is 138 cm³/mol. The molecule has 2 heterocycles. The molecule has 162 valence electrons. The van der Waals surface area contributed by atoms with E-state index in [4.69, 9.17) is 9.31 Å². The van der Waals surface area contributed by atoms with Gasteiger partial charge in [0, 0.05) is 20.5 Å². The second kappa shape index (κ2) is 7.59. The second-order valence-corrected chi connectivity index (χ2v) is 10.9. The zero-order chi connectivity index (χ0) is 22.7. The van der Waals surface area contributed by atoms with E-state index in [-0.39, 0.29) is 18.3 Å². The summed E-state index contributed by atoms with van der Waals surface area (Å²) in [4.78, 5) is 1.30. The van der Waals surface area contributed by atoms with Gasteiger partial charge < -0.3 is 9.31 Å². The Morgan fingerprint density at radius 2 is 1.22 bits per heavy atom. The molecule has 0 N–H and O–H groups in total. The van der Waals surface area contributed by atoms with Crippen LogP contribution in [0.5, 0.6) is 0 Å². The van der Waals surface area contributed by atoms with Crippen molar-refractivity contribution < 1.29 is 9.31 Å². The van der Waals surface area contributed by atoms with Crippen LogP contribution in [0.4, 0.5) is 0 Å². The third kappa shape index (κ3) is 3.61. The normalized spacial score (nSPS) is 17.2. The molecule has 32 heavy (non-hydrogen) atoms. The first-order valence-electron chi connectivity index (χ1n) is 11.2. The Bertz CT molecular complexity index is 1270. The molecule has 0 amide bonds. The molecule has 4 aromatic rings. The van der Waals surface area contributed by atoms with E-state index >= 15 is 0 Å². The molecule has 0 radical (unpaired) electrons. The van der Waals surface area contributed by atoms with Crippen molar-refractivity contribution in [3.05, 3.63) is 77.9 Å². The second-order valence-electron chi connectivity index (χ2n) is 9.88. The number of hydrogen-bond acceptors (Lipinski definition) is 3. The van der Waals surface area contributed by atoms with Crippen molar-refractivity contribution >= 4 is 34.0 Å². The summed E-state index contributed by atoms with van der Waals surface area (Å²) in [5.74, 6) is 0. The molecule has 1 fully saturated rings. The largest absolute Gasteiger partial charge is 0.494 e. The topological polar surface area (TPSA) is 18.5 Å². The first-order chi connectivity index (χ1) is 15.1. The van der Waals surface area contributed by atoms with Crippen LogP contribution in [0.3, 0.4) is 0 Å². The third-order valence-electron chi connectivity index (χ3n) is 6.89. The molecule has 0 atom stereocenters. The van der Waals surface area contributed by atoms with Crippen LogP contribution in [-0.2, 0) is 9.31 Å². The van der Waals surface area contributed by atoms with Crippen LogP contribution in [0.15, 0.2) is 66.7 Å². The molecule has 0 bridgehead atoms. The first kappa shape index (κ1) is 21.5. The average Bonchev–Trinajstić information content (AvgIpc) is 3.22. The van der Waals surface area contributed by atoms with Crippen LogP contribution in [-0.4, -0.2) is 18.3 Å². The van der Waals surface area contributed by atoms with Gasteiger partial charge in [-0.1, -0.05) is 71.8 Å². The van der Waals surface area contributed by atoms with Gasteiger partial charge in [0.25, 0.3) is 0 Å². The quantitative estimate of drug-likeness (QED) is 0.315. The van der Waals surface area contributed by atoms with Crippen LogP contribution < -0.4 is 5.46 Å². The average molecular weight is 440 g/mol. The van der Waals surface area contributed by atoms with Crippen molar-refractivity contribution in [1.29, 1.82) is 0 Å². The summed E-state index contributed by atoms with van der Waals surface area (Å²) >= 11 is 1.84. The van der Waals surface area contributed by atoms with E-state index in [1.165, 1.54) is 42.8 Å². The van der Waals surface area contributed by atoms with Gasteiger partial charge in [-0.15, -0.1) is 11.3 Å². The van der Waals surface area contributed by atoms with Crippen LogP contribution in [0.1, 0.15) is 38.8 Å². The minimum absolute atomic E-state index is 0.345. The van der Waals surface area contributed by atoms with E-state index in [9.17, 15) is 0 Å². The molecule has 0 spiro atoms. The summed E-state index contributed by atoms with van der Waals surface area (Å²) < 4.78 is 13.9. The number of thiophene rings is 1. The number of fused-ring (bicyclic) bond motifs is 1. The summed E-state index contributed by atoms with van der Waals surface area (Å²) in [6, 6.07) is 24.3. The molecular formula is C28H29BO2S. The molecule has 1 aliphatic rings. The van der Waals surface area contributed by atoms with Gasteiger partial charge in [-0.2, -0.15) is 0 Å². The van der Waals surface area contributed by atoms with Gasteiger partial charge in [-0.05, 0) is 64.2 Å². The van der Waals surface area contributed by atoms with Crippen LogP contribution >= 0.6 is 11.3 Å². The van der Waals surface area contributed by atoms with E-state index in [1.807, 2.05) is 11.3 Å². The number of benzene rings is 3. The van der Waals surface area contributed by atoms with Crippen LogP contribution in [0, 0.1) is 13.8 Å². The van der Waals surface area contributed by atoms with Crippen LogP contribution in [0.2, 0.25) is 0 Å². The smallest absolute Gasteiger partial charge is 0.399 e. The summed E-state index contributed by atoms with van der Waals surface area (Å²) in [7, 11) is -0.350. The summed E-state index contributed by atoms with van der Waals surface area (Å²) in [5, 5.41) is 1.27. The van der Waals surface area contributed by atoms with Crippen molar-refractivity contribution in [3.8, 4) is 21.6 Å². The highest BCUT2D eigenvalue weighted by Crippen LogP contribution is 2.45. The zero-order valence-corrected chi connectivity index (χ0v) is 20.5. The Morgan fingerprint density at radius 3 is 1.78 bits per heavy atom. The molecule has 4 heteroatoms. The van der Waals surface area contributed by atoms with Gasteiger partial charge in [0.1, 0.15) is 0 Å². The van der Waals surface area contributed by atoms with Gasteiger partial charge in [0.15, 0.2) is 0 Å². The van der Waals surface area contributed by atoms with Crippen molar-refractivity contribution in [2.45, 2.75) is 52.7 Å². The van der Waals surface area contributed by atoms with E-state index in [2.05, 4.69) is 108 Å². The number of hydrogen-bond donors (Lipinski definition) is 0. The summed E-state index contributed by atoms with van der Waals surface area (Å²) in [6.45, 7) is 12.7. The Hall–Kier alpha value is -2.40. The van der Waals surface area contributed by atoms with Crippen molar-refractivity contribution in [1.82, 2.24) is 0 Å². The third-order valence-corrected chi connectivity index (χ3v) is 8.10. The van der Waals surface area contributed by atoms with Gasteiger partial charge in [-0.25, -0.2) is 0 Å². The number of aryl methyl sites for hydroxylation is 2. The van der Waals surface area contributed by atoms with Gasteiger partial charge >= 0.3 is 7.12 Å². The zero-order valence-electron chi connectivity index (χ0n) is 19.7. The molecule has 0 aliphatic carbocycles. The monoisotopic (exact) mass is 440 g/mol. The van der Waals surface area contributed by atoms with Crippen molar-refractivity contribution in [2.24, 2.45) is 0 Å². The fraction of sp³-hybridized carbons (Fsp3) is 0.286. The fourth-order valence-electron chi connectivity index (χ4n) is 4.15.